The van der Waals surface area contributed by atoms with Crippen LogP contribution in [0.2, 0.25) is 0 Å². The minimum absolute atomic E-state index is 0.0464. The Balaban J connectivity index is 1.66. The third-order valence-electron chi connectivity index (χ3n) is 4.83. The number of benzene rings is 2. The average molecular weight is 404 g/mol. The van der Waals surface area contributed by atoms with E-state index in [0.717, 1.165) is 22.0 Å². The van der Waals surface area contributed by atoms with Gasteiger partial charge in [0.05, 0.1) is 23.2 Å². The second-order valence-electron chi connectivity index (χ2n) is 6.88. The van der Waals surface area contributed by atoms with Gasteiger partial charge in [-0.25, -0.2) is 0 Å². The Morgan fingerprint density at radius 1 is 1.13 bits per heavy atom. The summed E-state index contributed by atoms with van der Waals surface area (Å²) in [4.78, 5) is 23.4. The fourth-order valence-corrected chi connectivity index (χ4v) is 3.32. The van der Waals surface area contributed by atoms with Crippen LogP contribution in [0.4, 0.5) is 11.4 Å². The summed E-state index contributed by atoms with van der Waals surface area (Å²) in [5.41, 5.74) is 9.00. The van der Waals surface area contributed by atoms with Crippen molar-refractivity contribution >= 4 is 22.3 Å². The highest BCUT2D eigenvalue weighted by Gasteiger charge is 2.15. The summed E-state index contributed by atoms with van der Waals surface area (Å²) >= 11 is 0. The number of nitro groups is 1. The lowest BCUT2D eigenvalue weighted by Crippen LogP contribution is -2.19. The maximum absolute atomic E-state index is 12.4. The van der Waals surface area contributed by atoms with Crippen molar-refractivity contribution < 1.29 is 4.92 Å². The number of nitro benzene ring substituents is 1. The molecule has 0 saturated heterocycles. The van der Waals surface area contributed by atoms with E-state index in [-0.39, 0.29) is 17.8 Å². The molecule has 9 heteroatoms. The number of fused-ring (bicyclic) bond motifs is 1. The van der Waals surface area contributed by atoms with Gasteiger partial charge in [0.1, 0.15) is 5.69 Å². The molecule has 0 aliphatic heterocycles. The average Bonchev–Trinajstić information content (AvgIpc) is 3.22. The van der Waals surface area contributed by atoms with E-state index in [4.69, 9.17) is 5.73 Å². The van der Waals surface area contributed by atoms with Gasteiger partial charge in [-0.2, -0.15) is 5.10 Å². The van der Waals surface area contributed by atoms with Crippen LogP contribution in [0.3, 0.4) is 0 Å². The molecule has 9 nitrogen and oxygen atoms in total. The second-order valence-corrected chi connectivity index (χ2v) is 6.88. The molecule has 4 aromatic rings. The van der Waals surface area contributed by atoms with Crippen molar-refractivity contribution in [1.82, 2.24) is 14.8 Å². The first kappa shape index (κ1) is 19.3. The molecular formula is C21H20N6O3. The quantitative estimate of drug-likeness (QED) is 0.320. The van der Waals surface area contributed by atoms with Crippen LogP contribution in [0.1, 0.15) is 5.56 Å². The largest absolute Gasteiger partial charge is 0.378 e. The van der Waals surface area contributed by atoms with Gasteiger partial charge in [0, 0.05) is 36.8 Å². The molecule has 0 amide bonds. The lowest BCUT2D eigenvalue weighted by atomic mass is 10.1. The number of anilines is 1. The van der Waals surface area contributed by atoms with Gasteiger partial charge in [0.25, 0.3) is 11.2 Å². The standard InChI is InChI=1S/C21H20N6O3/c22-7-8-23-18-5-1-14(9-20(18)27(29)30)12-26-13-17(4-6-21(26)28)15-2-3-16-11-24-25-19(16)10-15/h1-6,9-11,13,23H,7-8,12,22H2,(H,24,25). The third kappa shape index (κ3) is 3.91. The van der Waals surface area contributed by atoms with Crippen molar-refractivity contribution in [2.24, 2.45) is 5.73 Å². The van der Waals surface area contributed by atoms with E-state index < -0.39 is 4.92 Å². The molecule has 0 radical (unpaired) electrons. The van der Waals surface area contributed by atoms with E-state index in [2.05, 4.69) is 15.5 Å². The molecular weight excluding hydrogens is 384 g/mol. The van der Waals surface area contributed by atoms with Gasteiger partial charge in [-0.1, -0.05) is 18.2 Å². The van der Waals surface area contributed by atoms with E-state index >= 15 is 0 Å². The number of nitrogens with one attached hydrogen (secondary N) is 2. The normalized spacial score (nSPS) is 11.0. The number of hydrogen-bond donors (Lipinski definition) is 3. The fourth-order valence-electron chi connectivity index (χ4n) is 3.32. The highest BCUT2D eigenvalue weighted by molar-refractivity contribution is 5.83. The molecule has 0 fully saturated rings. The van der Waals surface area contributed by atoms with Crippen LogP contribution in [0.5, 0.6) is 0 Å². The van der Waals surface area contributed by atoms with Crippen molar-refractivity contribution in [2.75, 3.05) is 18.4 Å². The van der Waals surface area contributed by atoms with Gasteiger partial charge in [-0.15, -0.1) is 0 Å². The molecule has 4 N–H and O–H groups in total. The van der Waals surface area contributed by atoms with Crippen molar-refractivity contribution in [1.29, 1.82) is 0 Å². The third-order valence-corrected chi connectivity index (χ3v) is 4.83. The van der Waals surface area contributed by atoms with E-state index in [1.807, 2.05) is 18.2 Å². The molecule has 30 heavy (non-hydrogen) atoms. The number of hydrogen-bond acceptors (Lipinski definition) is 6. The Labute approximate surface area is 171 Å². The Morgan fingerprint density at radius 2 is 1.97 bits per heavy atom. The first-order chi connectivity index (χ1) is 14.5. The van der Waals surface area contributed by atoms with Crippen LogP contribution in [0, 0.1) is 10.1 Å². The number of rotatable bonds is 7. The van der Waals surface area contributed by atoms with Gasteiger partial charge in [0.2, 0.25) is 0 Å². The summed E-state index contributed by atoms with van der Waals surface area (Å²) in [6.07, 6.45) is 3.51. The molecule has 0 spiro atoms. The predicted molar refractivity (Wildman–Crippen MR) is 116 cm³/mol. The SMILES string of the molecule is NCCNc1ccc(Cn2cc(-c3ccc4cn[nH]c4c3)ccc2=O)cc1[N+](=O)[O-]. The zero-order chi connectivity index (χ0) is 21.1. The lowest BCUT2D eigenvalue weighted by Gasteiger charge is -2.11. The van der Waals surface area contributed by atoms with Crippen LogP contribution in [-0.4, -0.2) is 32.8 Å². The summed E-state index contributed by atoms with van der Waals surface area (Å²) in [6, 6.07) is 14.0. The first-order valence-corrected chi connectivity index (χ1v) is 9.40. The van der Waals surface area contributed by atoms with Crippen LogP contribution < -0.4 is 16.6 Å². The minimum atomic E-state index is -0.443. The van der Waals surface area contributed by atoms with Crippen LogP contribution in [0.15, 0.2) is 65.7 Å². The van der Waals surface area contributed by atoms with Crippen LogP contribution in [0.25, 0.3) is 22.0 Å². The van der Waals surface area contributed by atoms with Crippen molar-refractivity contribution in [3.63, 3.8) is 0 Å². The highest BCUT2D eigenvalue weighted by Crippen LogP contribution is 2.26. The molecule has 0 aliphatic carbocycles. The van der Waals surface area contributed by atoms with Gasteiger partial charge < -0.3 is 15.6 Å². The first-order valence-electron chi connectivity index (χ1n) is 9.40. The van der Waals surface area contributed by atoms with Crippen LogP contribution >= 0.6 is 0 Å². The number of pyridine rings is 1. The highest BCUT2D eigenvalue weighted by atomic mass is 16.6. The summed E-state index contributed by atoms with van der Waals surface area (Å²) in [5.74, 6) is 0. The Morgan fingerprint density at radius 3 is 2.77 bits per heavy atom. The molecule has 0 atom stereocenters. The zero-order valence-electron chi connectivity index (χ0n) is 16.0. The van der Waals surface area contributed by atoms with Crippen molar-refractivity contribution in [3.05, 3.63) is 87.0 Å². The maximum Gasteiger partial charge on any atom is 0.292 e. The molecule has 2 aromatic heterocycles. The summed E-state index contributed by atoms with van der Waals surface area (Å²) in [7, 11) is 0. The monoisotopic (exact) mass is 404 g/mol. The smallest absolute Gasteiger partial charge is 0.292 e. The van der Waals surface area contributed by atoms with Crippen molar-refractivity contribution in [3.8, 4) is 11.1 Å². The number of nitrogens with two attached hydrogens (primary N) is 1. The second kappa shape index (κ2) is 8.18. The van der Waals surface area contributed by atoms with Gasteiger partial charge in [0.15, 0.2) is 0 Å². The van der Waals surface area contributed by atoms with E-state index in [1.54, 1.807) is 35.2 Å². The fraction of sp³-hybridized carbons (Fsp3) is 0.143. The van der Waals surface area contributed by atoms with E-state index in [0.29, 0.717) is 24.3 Å². The zero-order valence-corrected chi connectivity index (χ0v) is 16.0. The topological polar surface area (TPSA) is 132 Å². The summed E-state index contributed by atoms with van der Waals surface area (Å²) < 4.78 is 1.54. The molecule has 0 aliphatic rings. The maximum atomic E-state index is 12.4. The molecule has 4 rings (SSSR count). The molecule has 0 bridgehead atoms. The summed E-state index contributed by atoms with van der Waals surface area (Å²) in [6.45, 7) is 1.02. The predicted octanol–water partition coefficient (Wildman–Crippen LogP) is 2.72. The van der Waals surface area contributed by atoms with Gasteiger partial charge in [-0.05, 0) is 34.9 Å². The molecule has 152 valence electrons. The molecule has 2 aromatic carbocycles. The number of aromatic amines is 1. The Hall–Kier alpha value is -3.98. The Kier molecular flexibility index (Phi) is 5.27. The van der Waals surface area contributed by atoms with E-state index in [1.165, 1.54) is 12.1 Å². The van der Waals surface area contributed by atoms with Crippen LogP contribution in [-0.2, 0) is 6.54 Å². The Bertz CT molecular complexity index is 1280. The molecule has 2 heterocycles. The van der Waals surface area contributed by atoms with Gasteiger partial charge >= 0.3 is 0 Å². The molecule has 0 unspecified atom stereocenters. The number of nitrogens with zero attached hydrogens (tertiary/aromatic N) is 3. The number of H-pyrrole nitrogens is 1. The lowest BCUT2D eigenvalue weighted by molar-refractivity contribution is -0.384. The summed E-state index contributed by atoms with van der Waals surface area (Å²) in [5, 5.41) is 22.3. The molecule has 0 saturated carbocycles. The number of aromatic nitrogens is 3. The minimum Gasteiger partial charge on any atom is -0.378 e. The van der Waals surface area contributed by atoms with Crippen molar-refractivity contribution in [2.45, 2.75) is 6.54 Å². The van der Waals surface area contributed by atoms with E-state index in [9.17, 15) is 14.9 Å². The van der Waals surface area contributed by atoms with Gasteiger partial charge in [-0.3, -0.25) is 20.0 Å².